The number of allylic oxidation sites excluding steroid dienone is 1. The van der Waals surface area contributed by atoms with Gasteiger partial charge in [-0.05, 0) is 64.9 Å². The van der Waals surface area contributed by atoms with Crippen LogP contribution in [0.15, 0.2) is 47.6 Å². The van der Waals surface area contributed by atoms with Gasteiger partial charge in [-0.3, -0.25) is 0 Å². The molecule has 0 aliphatic carbocycles. The maximum atomic E-state index is 15.4. The van der Waals surface area contributed by atoms with Gasteiger partial charge in [0.15, 0.2) is 0 Å². The molecule has 186 valence electrons. The largest absolute Gasteiger partial charge is 0.404 e. The second kappa shape index (κ2) is 9.87. The number of rotatable bonds is 2. The molecule has 7 heteroatoms. The number of alkyl halides is 3. The predicted molar refractivity (Wildman–Crippen MR) is 134 cm³/mol. The fourth-order valence-electron chi connectivity index (χ4n) is 3.85. The number of fused-ring (bicyclic) bond motifs is 1. The van der Waals surface area contributed by atoms with Gasteiger partial charge in [0.1, 0.15) is 17.1 Å². The van der Waals surface area contributed by atoms with Crippen LogP contribution < -0.4 is 4.90 Å². The maximum absolute atomic E-state index is 15.4. The summed E-state index contributed by atoms with van der Waals surface area (Å²) < 4.78 is 55.7. The molecule has 1 aliphatic heterocycles. The van der Waals surface area contributed by atoms with Crippen LogP contribution in [0.2, 0.25) is 0 Å². The highest BCUT2D eigenvalue weighted by Crippen LogP contribution is 2.37. The molecule has 3 rings (SSSR count). The molecule has 0 unspecified atom stereocenters. The number of hydrogen-bond donors (Lipinski definition) is 0. The zero-order valence-electron chi connectivity index (χ0n) is 21.1. The van der Waals surface area contributed by atoms with Gasteiger partial charge in [0, 0.05) is 42.1 Å². The first-order valence-corrected chi connectivity index (χ1v) is 11.4. The lowest BCUT2D eigenvalue weighted by Gasteiger charge is -2.28. The number of aryl methyl sites for hydroxylation is 2. The molecule has 0 aromatic heterocycles. The van der Waals surface area contributed by atoms with Crippen molar-refractivity contribution >= 4 is 11.5 Å². The zero-order chi connectivity index (χ0) is 26.1. The molecule has 0 spiro atoms. The first-order valence-electron chi connectivity index (χ1n) is 11.4. The van der Waals surface area contributed by atoms with Crippen LogP contribution in [0.4, 0.5) is 23.2 Å². The molecule has 1 heterocycles. The Morgan fingerprint density at radius 1 is 1.06 bits per heavy atom. The van der Waals surface area contributed by atoms with Crippen molar-refractivity contribution in [3.8, 4) is 11.8 Å². The molecule has 1 aliphatic rings. The number of benzene rings is 2. The van der Waals surface area contributed by atoms with Crippen LogP contribution in [-0.4, -0.2) is 37.0 Å². The van der Waals surface area contributed by atoms with Crippen LogP contribution in [-0.2, 0) is 6.54 Å². The Balaban J connectivity index is 2.25. The normalized spacial score (nSPS) is 15.3. The van der Waals surface area contributed by atoms with E-state index in [1.165, 1.54) is 0 Å². The van der Waals surface area contributed by atoms with E-state index >= 15 is 4.39 Å². The first kappa shape index (κ1) is 26.5. The number of aliphatic imine (C=N–C) groups is 1. The Morgan fingerprint density at radius 3 is 2.34 bits per heavy atom. The van der Waals surface area contributed by atoms with E-state index in [9.17, 15) is 13.2 Å². The fourth-order valence-corrected chi connectivity index (χ4v) is 3.85. The van der Waals surface area contributed by atoms with Crippen LogP contribution in [0.5, 0.6) is 0 Å². The highest BCUT2D eigenvalue weighted by atomic mass is 19.4. The minimum atomic E-state index is -4.45. The molecule has 0 atom stereocenters. The molecule has 0 bridgehead atoms. The van der Waals surface area contributed by atoms with Crippen LogP contribution >= 0.6 is 0 Å². The molecule has 0 amide bonds. The average molecular weight is 486 g/mol. The molecular weight excluding hydrogens is 454 g/mol. The quantitative estimate of drug-likeness (QED) is 0.206. The summed E-state index contributed by atoms with van der Waals surface area (Å²) in [7, 11) is 1.94. The molecule has 0 fully saturated rings. The summed E-state index contributed by atoms with van der Waals surface area (Å²) in [4.78, 5) is 8.65. The molecule has 2 aromatic rings. The maximum Gasteiger partial charge on any atom is 0.404 e. The SMILES string of the molecule is C=C(C)N=C(c1c(C)ccc(C)c1F)N1CCN(C)Cc2c(C#CC(C)(C)C(F)(F)F)cccc21. The third-order valence-corrected chi connectivity index (χ3v) is 6.11. The second-order valence-corrected chi connectivity index (χ2v) is 9.62. The summed E-state index contributed by atoms with van der Waals surface area (Å²) in [5.41, 5.74) is 2.01. The van der Waals surface area contributed by atoms with Gasteiger partial charge in [-0.25, -0.2) is 9.38 Å². The second-order valence-electron chi connectivity index (χ2n) is 9.62. The van der Waals surface area contributed by atoms with E-state index in [1.807, 2.05) is 31.0 Å². The Morgan fingerprint density at radius 2 is 1.71 bits per heavy atom. The molecule has 0 saturated carbocycles. The monoisotopic (exact) mass is 485 g/mol. The summed E-state index contributed by atoms with van der Waals surface area (Å²) in [6, 6.07) is 8.95. The van der Waals surface area contributed by atoms with E-state index in [4.69, 9.17) is 0 Å². The van der Waals surface area contributed by atoms with Crippen molar-refractivity contribution < 1.29 is 17.6 Å². The van der Waals surface area contributed by atoms with Gasteiger partial charge in [-0.1, -0.05) is 36.6 Å². The lowest BCUT2D eigenvalue weighted by Crippen LogP contribution is -2.37. The molecule has 0 N–H and O–H groups in total. The van der Waals surface area contributed by atoms with E-state index in [2.05, 4.69) is 28.3 Å². The number of nitrogens with zero attached hydrogens (tertiary/aromatic N) is 3. The van der Waals surface area contributed by atoms with Crippen molar-refractivity contribution in [1.82, 2.24) is 4.90 Å². The van der Waals surface area contributed by atoms with Crippen LogP contribution in [0.1, 0.15) is 48.6 Å². The molecule has 0 saturated heterocycles. The van der Waals surface area contributed by atoms with Gasteiger partial charge >= 0.3 is 6.18 Å². The third-order valence-electron chi connectivity index (χ3n) is 6.11. The first-order chi connectivity index (χ1) is 16.2. The number of hydrogen-bond acceptors (Lipinski definition) is 2. The Kier molecular flexibility index (Phi) is 7.47. The van der Waals surface area contributed by atoms with E-state index in [1.54, 1.807) is 32.0 Å². The smallest absolute Gasteiger partial charge is 0.324 e. The van der Waals surface area contributed by atoms with Crippen LogP contribution in [0.3, 0.4) is 0 Å². The van der Waals surface area contributed by atoms with Crippen molar-refractivity contribution in [3.63, 3.8) is 0 Å². The summed E-state index contributed by atoms with van der Waals surface area (Å²) >= 11 is 0. The van der Waals surface area contributed by atoms with Crippen molar-refractivity contribution in [3.05, 3.63) is 76.2 Å². The lowest BCUT2D eigenvalue weighted by molar-refractivity contribution is -0.190. The standard InChI is InChI=1S/C28H31F4N3/c1-18(2)33-26(24-19(3)11-12-20(4)25(24)29)35-16-15-34(7)17-22-21(9-8-10-23(22)35)13-14-27(5,6)28(30,31)32/h8-12H,1,15-17H2,2-7H3. The van der Waals surface area contributed by atoms with Gasteiger partial charge in [-0.15, -0.1) is 0 Å². The molecule has 0 radical (unpaired) electrons. The van der Waals surface area contributed by atoms with E-state index < -0.39 is 11.6 Å². The summed E-state index contributed by atoms with van der Waals surface area (Å²) in [5.74, 6) is 5.27. The van der Waals surface area contributed by atoms with E-state index in [0.29, 0.717) is 47.9 Å². The molecule has 3 nitrogen and oxygen atoms in total. The van der Waals surface area contributed by atoms with Crippen LogP contribution in [0.25, 0.3) is 0 Å². The summed E-state index contributed by atoms with van der Waals surface area (Å²) in [6.07, 6.45) is -4.45. The van der Waals surface area contributed by atoms with Crippen molar-refractivity contribution in [2.45, 2.75) is 47.3 Å². The minimum absolute atomic E-state index is 0.355. The van der Waals surface area contributed by atoms with Crippen molar-refractivity contribution in [1.29, 1.82) is 0 Å². The highest BCUT2D eigenvalue weighted by molar-refractivity contribution is 6.12. The van der Waals surface area contributed by atoms with E-state index in [-0.39, 0.29) is 5.82 Å². The number of halogens is 4. The van der Waals surface area contributed by atoms with E-state index in [0.717, 1.165) is 30.7 Å². The predicted octanol–water partition coefficient (Wildman–Crippen LogP) is 6.61. The topological polar surface area (TPSA) is 18.8 Å². The lowest BCUT2D eigenvalue weighted by atomic mass is 9.92. The number of likely N-dealkylation sites (N-methyl/N-ethyl adjacent to an activating group) is 1. The molecular formula is C28H31F4N3. The number of amidine groups is 1. The van der Waals surface area contributed by atoms with Gasteiger partial charge in [0.05, 0.1) is 5.56 Å². The fraction of sp³-hybridized carbons (Fsp3) is 0.393. The average Bonchev–Trinajstić information content (AvgIpc) is 2.92. The Bertz CT molecular complexity index is 1230. The van der Waals surface area contributed by atoms with Gasteiger partial charge in [0.25, 0.3) is 0 Å². The van der Waals surface area contributed by atoms with Gasteiger partial charge < -0.3 is 9.80 Å². The molecule has 35 heavy (non-hydrogen) atoms. The molecule has 2 aromatic carbocycles. The zero-order valence-corrected chi connectivity index (χ0v) is 21.1. The Hall–Kier alpha value is -3.11. The van der Waals surface area contributed by atoms with Gasteiger partial charge in [0.2, 0.25) is 0 Å². The highest BCUT2D eigenvalue weighted by Gasteiger charge is 2.46. The minimum Gasteiger partial charge on any atom is -0.324 e. The van der Waals surface area contributed by atoms with Gasteiger partial charge in [-0.2, -0.15) is 13.2 Å². The number of anilines is 1. The third kappa shape index (κ3) is 5.59. The van der Waals surface area contributed by atoms with Crippen LogP contribution in [0, 0.1) is 36.9 Å². The Labute approximate surface area is 205 Å². The van der Waals surface area contributed by atoms with Crippen molar-refractivity contribution in [2.75, 3.05) is 25.0 Å². The summed E-state index contributed by atoms with van der Waals surface area (Å²) in [6.45, 7) is 13.0. The van der Waals surface area contributed by atoms with Crippen molar-refractivity contribution in [2.24, 2.45) is 10.4 Å². The summed E-state index contributed by atoms with van der Waals surface area (Å²) in [5, 5.41) is 0.